The topological polar surface area (TPSA) is 76.2 Å². The van der Waals surface area contributed by atoms with E-state index in [0.717, 1.165) is 23.6 Å². The van der Waals surface area contributed by atoms with Gasteiger partial charge < -0.3 is 11.1 Å². The van der Waals surface area contributed by atoms with Crippen LogP contribution in [0.5, 0.6) is 0 Å². The summed E-state index contributed by atoms with van der Waals surface area (Å²) < 4.78 is 0. The zero-order chi connectivity index (χ0) is 16.9. The Morgan fingerprint density at radius 2 is 2.08 bits per heavy atom. The first-order valence-corrected chi connectivity index (χ1v) is 9.26. The molecule has 6 heteroatoms. The average molecular weight is 348 g/mol. The number of hydrogen-bond donors (Lipinski definition) is 2. The second kappa shape index (κ2) is 7.97. The molecule has 1 aromatic heterocycles. The Kier molecular flexibility index (Phi) is 5.72. The van der Waals surface area contributed by atoms with Gasteiger partial charge in [0.25, 0.3) is 0 Å². The number of aromatic nitrogens is 2. The molecular formula is C18H26ClN5. The summed E-state index contributed by atoms with van der Waals surface area (Å²) in [5.74, 6) is 1.35. The van der Waals surface area contributed by atoms with Crippen LogP contribution in [-0.2, 0) is 0 Å². The van der Waals surface area contributed by atoms with Gasteiger partial charge in [0.15, 0.2) is 0 Å². The van der Waals surface area contributed by atoms with Gasteiger partial charge in [0, 0.05) is 30.6 Å². The van der Waals surface area contributed by atoms with Crippen molar-refractivity contribution in [1.82, 2.24) is 9.97 Å². The average Bonchev–Trinajstić information content (AvgIpc) is 3.42. The third-order valence-corrected chi connectivity index (χ3v) is 5.14. The molecule has 0 spiro atoms. The zero-order valence-corrected chi connectivity index (χ0v) is 15.0. The van der Waals surface area contributed by atoms with Gasteiger partial charge in [-0.25, -0.2) is 9.97 Å². The SMILES string of the molecule is CN=C(CC1CC1)/C(=C\N)c1nc(NC2CCCCC2)ncc1Cl. The van der Waals surface area contributed by atoms with Crippen LogP contribution in [0.4, 0.5) is 5.95 Å². The van der Waals surface area contributed by atoms with Crippen LogP contribution in [0.15, 0.2) is 17.4 Å². The molecule has 130 valence electrons. The van der Waals surface area contributed by atoms with E-state index in [4.69, 9.17) is 17.3 Å². The number of halogens is 1. The quantitative estimate of drug-likeness (QED) is 0.761. The summed E-state index contributed by atoms with van der Waals surface area (Å²) in [6, 6.07) is 0.448. The molecule has 3 N–H and O–H groups in total. The highest BCUT2D eigenvalue weighted by Crippen LogP contribution is 2.35. The van der Waals surface area contributed by atoms with Crippen LogP contribution in [0.1, 0.15) is 57.1 Å². The van der Waals surface area contributed by atoms with Crippen molar-refractivity contribution in [2.24, 2.45) is 16.6 Å². The monoisotopic (exact) mass is 347 g/mol. The lowest BCUT2D eigenvalue weighted by Gasteiger charge is -2.23. The number of nitrogens with two attached hydrogens (primary N) is 1. The number of hydrogen-bond acceptors (Lipinski definition) is 5. The fourth-order valence-corrected chi connectivity index (χ4v) is 3.48. The summed E-state index contributed by atoms with van der Waals surface area (Å²) in [6.07, 6.45) is 12.9. The summed E-state index contributed by atoms with van der Waals surface area (Å²) in [7, 11) is 1.80. The van der Waals surface area contributed by atoms with E-state index in [-0.39, 0.29) is 0 Å². The van der Waals surface area contributed by atoms with E-state index in [9.17, 15) is 0 Å². The first kappa shape index (κ1) is 17.2. The normalized spacial score (nSPS) is 20.2. The van der Waals surface area contributed by atoms with Crippen LogP contribution in [0.25, 0.3) is 5.57 Å². The van der Waals surface area contributed by atoms with Crippen LogP contribution >= 0.6 is 11.6 Å². The maximum absolute atomic E-state index is 6.36. The maximum Gasteiger partial charge on any atom is 0.223 e. The van der Waals surface area contributed by atoms with Gasteiger partial charge in [-0.2, -0.15) is 0 Å². The highest BCUT2D eigenvalue weighted by molar-refractivity contribution is 6.35. The van der Waals surface area contributed by atoms with Gasteiger partial charge in [0.05, 0.1) is 16.9 Å². The summed E-state index contributed by atoms with van der Waals surface area (Å²) in [5.41, 5.74) is 8.37. The Labute approximate surface area is 148 Å². The fourth-order valence-electron chi connectivity index (χ4n) is 3.28. The van der Waals surface area contributed by atoms with E-state index in [1.807, 2.05) is 0 Å². The van der Waals surface area contributed by atoms with Crippen molar-refractivity contribution in [2.45, 2.75) is 57.4 Å². The van der Waals surface area contributed by atoms with Crippen molar-refractivity contribution in [1.29, 1.82) is 0 Å². The Bertz CT molecular complexity index is 630. The summed E-state index contributed by atoms with van der Waals surface area (Å²) >= 11 is 6.36. The van der Waals surface area contributed by atoms with Crippen molar-refractivity contribution in [3.05, 3.63) is 23.1 Å². The molecular weight excluding hydrogens is 322 g/mol. The van der Waals surface area contributed by atoms with E-state index in [1.54, 1.807) is 19.4 Å². The molecule has 0 atom stereocenters. The number of aliphatic imine (C=N–C) groups is 1. The molecule has 0 aromatic carbocycles. The summed E-state index contributed by atoms with van der Waals surface area (Å²) in [6.45, 7) is 0. The highest BCUT2D eigenvalue weighted by Gasteiger charge is 2.26. The number of nitrogens with zero attached hydrogens (tertiary/aromatic N) is 3. The summed E-state index contributed by atoms with van der Waals surface area (Å²) in [4.78, 5) is 13.4. The Morgan fingerprint density at radius 3 is 2.71 bits per heavy atom. The van der Waals surface area contributed by atoms with Gasteiger partial charge in [-0.05, 0) is 38.0 Å². The van der Waals surface area contributed by atoms with Crippen molar-refractivity contribution in [2.75, 3.05) is 12.4 Å². The van der Waals surface area contributed by atoms with Gasteiger partial charge >= 0.3 is 0 Å². The standard InChI is InChI=1S/C18H26ClN5/c1-21-16(9-12-7-8-12)14(10-20)17-15(19)11-22-18(24-17)23-13-5-3-2-4-6-13/h10-13H,2-9,20H2,1H3,(H,22,23,24)/b14-10+,21-16?. The van der Waals surface area contributed by atoms with Gasteiger partial charge in [0.2, 0.25) is 5.95 Å². The molecule has 0 radical (unpaired) electrons. The first-order valence-electron chi connectivity index (χ1n) is 8.88. The Balaban J connectivity index is 1.80. The van der Waals surface area contributed by atoms with Gasteiger partial charge in [-0.1, -0.05) is 30.9 Å². The second-order valence-electron chi connectivity index (χ2n) is 6.77. The molecule has 0 saturated heterocycles. The molecule has 2 fully saturated rings. The largest absolute Gasteiger partial charge is 0.404 e. The van der Waals surface area contributed by atoms with Crippen LogP contribution < -0.4 is 11.1 Å². The minimum Gasteiger partial charge on any atom is -0.404 e. The van der Waals surface area contributed by atoms with Crippen LogP contribution in [0, 0.1) is 5.92 Å². The molecule has 0 bridgehead atoms. The smallest absolute Gasteiger partial charge is 0.223 e. The predicted octanol–water partition coefficient (Wildman–Crippen LogP) is 4.05. The Hall–Kier alpha value is -1.62. The molecule has 3 rings (SSSR count). The number of allylic oxidation sites excluding steroid dienone is 1. The van der Waals surface area contributed by atoms with Crippen molar-refractivity contribution >= 4 is 28.8 Å². The predicted molar refractivity (Wildman–Crippen MR) is 100 cm³/mol. The van der Waals surface area contributed by atoms with Crippen LogP contribution in [-0.4, -0.2) is 28.8 Å². The second-order valence-corrected chi connectivity index (χ2v) is 7.17. The Morgan fingerprint density at radius 1 is 1.33 bits per heavy atom. The maximum atomic E-state index is 6.36. The van der Waals surface area contributed by atoms with Crippen molar-refractivity contribution in [3.8, 4) is 0 Å². The van der Waals surface area contributed by atoms with Gasteiger partial charge in [0.1, 0.15) is 0 Å². The minimum atomic E-state index is 0.448. The molecule has 2 saturated carbocycles. The molecule has 2 aliphatic rings. The molecule has 0 amide bonds. The molecule has 5 nitrogen and oxygen atoms in total. The highest BCUT2D eigenvalue weighted by atomic mass is 35.5. The zero-order valence-electron chi connectivity index (χ0n) is 14.3. The van der Waals surface area contributed by atoms with E-state index in [1.165, 1.54) is 44.9 Å². The molecule has 1 aromatic rings. The van der Waals surface area contributed by atoms with E-state index in [0.29, 0.717) is 22.7 Å². The van der Waals surface area contributed by atoms with E-state index < -0.39 is 0 Å². The van der Waals surface area contributed by atoms with Gasteiger partial charge in [-0.3, -0.25) is 4.99 Å². The van der Waals surface area contributed by atoms with Crippen molar-refractivity contribution in [3.63, 3.8) is 0 Å². The first-order chi connectivity index (χ1) is 11.7. The molecule has 0 unspecified atom stereocenters. The fraction of sp³-hybridized carbons (Fsp3) is 0.611. The van der Waals surface area contributed by atoms with E-state index >= 15 is 0 Å². The number of rotatable bonds is 6. The lowest BCUT2D eigenvalue weighted by atomic mass is 9.96. The molecule has 24 heavy (non-hydrogen) atoms. The molecule has 2 aliphatic carbocycles. The van der Waals surface area contributed by atoms with Crippen LogP contribution in [0.3, 0.4) is 0 Å². The van der Waals surface area contributed by atoms with Crippen LogP contribution in [0.2, 0.25) is 5.02 Å². The van der Waals surface area contributed by atoms with E-state index in [2.05, 4.69) is 20.3 Å². The number of anilines is 1. The van der Waals surface area contributed by atoms with Gasteiger partial charge in [-0.15, -0.1) is 0 Å². The third kappa shape index (κ3) is 4.26. The third-order valence-electron chi connectivity index (χ3n) is 4.86. The summed E-state index contributed by atoms with van der Waals surface area (Å²) in [5, 5.41) is 3.96. The minimum absolute atomic E-state index is 0.448. The van der Waals surface area contributed by atoms with Crippen molar-refractivity contribution < 1.29 is 0 Å². The lowest BCUT2D eigenvalue weighted by Crippen LogP contribution is -2.23. The molecule has 1 heterocycles. The number of nitrogens with one attached hydrogen (secondary N) is 1. The molecule has 0 aliphatic heterocycles. The lowest BCUT2D eigenvalue weighted by molar-refractivity contribution is 0.461.